The number of nitrogens with zero attached hydrogens (tertiary/aromatic N) is 2. The number of ether oxygens (including phenoxy) is 2. The van der Waals surface area contributed by atoms with E-state index in [0.29, 0.717) is 0 Å². The van der Waals surface area contributed by atoms with E-state index in [4.69, 9.17) is 19.4 Å². The number of hydrogen-bond donors (Lipinski definition) is 2. The average molecular weight is 733 g/mol. The minimum absolute atomic E-state index is 0.816. The van der Waals surface area contributed by atoms with Crippen LogP contribution >= 0.6 is 0 Å². The van der Waals surface area contributed by atoms with Crippen molar-refractivity contribution in [2.75, 3.05) is 14.2 Å². The first kappa shape index (κ1) is 35.1. The molecular formula is C50H44N4O2. The zero-order valence-corrected chi connectivity index (χ0v) is 31.8. The predicted octanol–water partition coefficient (Wildman–Crippen LogP) is 11.8. The van der Waals surface area contributed by atoms with Crippen LogP contribution in [0.2, 0.25) is 0 Å². The molecule has 6 nitrogen and oxygen atoms in total. The van der Waals surface area contributed by atoms with E-state index in [2.05, 4.69) is 131 Å². The Morgan fingerprint density at radius 3 is 1.32 bits per heavy atom. The maximum atomic E-state index is 5.48. The van der Waals surface area contributed by atoms with E-state index in [9.17, 15) is 0 Å². The molecule has 276 valence electrons. The SMILES string of the molecule is COc1ccc(-c2nc(-c3cc4ccc3CCCc3ccc(cc3-c3nc(-c5ccccc5)c(-c5ccccc5)[nH]3)CCC4)[nH]c2-c2ccc(OC)cc2)cc1. The summed E-state index contributed by atoms with van der Waals surface area (Å²) in [6.45, 7) is 0. The van der Waals surface area contributed by atoms with Gasteiger partial charge in [0, 0.05) is 33.4 Å². The van der Waals surface area contributed by atoms with E-state index in [1.54, 1.807) is 14.2 Å². The number of methoxy groups -OCH3 is 2. The molecule has 4 aliphatic carbocycles. The van der Waals surface area contributed by atoms with E-state index in [-0.39, 0.29) is 0 Å². The molecule has 4 bridgehead atoms. The fourth-order valence-corrected chi connectivity index (χ4v) is 7.95. The van der Waals surface area contributed by atoms with Crippen molar-refractivity contribution < 1.29 is 9.47 Å². The molecule has 8 aromatic rings. The second kappa shape index (κ2) is 15.6. The molecule has 2 heterocycles. The van der Waals surface area contributed by atoms with Crippen LogP contribution in [0.15, 0.2) is 146 Å². The Hall–Kier alpha value is -6.66. The van der Waals surface area contributed by atoms with Gasteiger partial charge in [-0.1, -0.05) is 84.9 Å². The number of aromatic nitrogens is 4. The summed E-state index contributed by atoms with van der Waals surface area (Å²) in [5.74, 6) is 3.44. The van der Waals surface area contributed by atoms with Gasteiger partial charge in [0.1, 0.15) is 23.1 Å². The van der Waals surface area contributed by atoms with Crippen LogP contribution < -0.4 is 9.47 Å². The molecule has 0 atom stereocenters. The Kier molecular flexibility index (Phi) is 9.77. The maximum Gasteiger partial charge on any atom is 0.138 e. The van der Waals surface area contributed by atoms with E-state index >= 15 is 0 Å². The Bertz CT molecular complexity index is 2470. The van der Waals surface area contributed by atoms with Crippen LogP contribution in [-0.4, -0.2) is 34.2 Å². The lowest BCUT2D eigenvalue weighted by Crippen LogP contribution is -2.01. The van der Waals surface area contributed by atoms with Crippen LogP contribution in [0.1, 0.15) is 35.1 Å². The van der Waals surface area contributed by atoms with Gasteiger partial charge in [0.25, 0.3) is 0 Å². The lowest BCUT2D eigenvalue weighted by molar-refractivity contribution is 0.414. The molecule has 0 radical (unpaired) electrons. The van der Waals surface area contributed by atoms with E-state index in [1.807, 2.05) is 24.3 Å². The van der Waals surface area contributed by atoms with Crippen molar-refractivity contribution in [1.29, 1.82) is 0 Å². The molecule has 0 saturated carbocycles. The van der Waals surface area contributed by atoms with Gasteiger partial charge in [0.05, 0.1) is 37.0 Å². The van der Waals surface area contributed by atoms with Gasteiger partial charge in [-0.05, 0) is 121 Å². The molecule has 2 aromatic heterocycles. The second-order valence-corrected chi connectivity index (χ2v) is 14.5. The fraction of sp³-hybridized carbons (Fsp3) is 0.160. The summed E-state index contributed by atoms with van der Waals surface area (Å²) in [6, 6.07) is 51.4. The van der Waals surface area contributed by atoms with Crippen LogP contribution in [0.25, 0.3) is 67.8 Å². The molecule has 0 fully saturated rings. The normalized spacial score (nSPS) is 12.8. The monoisotopic (exact) mass is 732 g/mol. The third kappa shape index (κ3) is 7.14. The summed E-state index contributed by atoms with van der Waals surface area (Å²) in [7, 11) is 3.39. The third-order valence-corrected chi connectivity index (χ3v) is 10.9. The van der Waals surface area contributed by atoms with Crippen LogP contribution in [0.4, 0.5) is 0 Å². The quantitative estimate of drug-likeness (QED) is 0.163. The first-order valence-corrected chi connectivity index (χ1v) is 19.5. The first-order chi connectivity index (χ1) is 27.6. The van der Waals surface area contributed by atoms with Crippen LogP contribution in [0.5, 0.6) is 11.5 Å². The molecule has 6 aromatic carbocycles. The smallest absolute Gasteiger partial charge is 0.138 e. The number of H-pyrrole nitrogens is 2. The van der Waals surface area contributed by atoms with E-state index < -0.39 is 0 Å². The van der Waals surface area contributed by atoms with Crippen molar-refractivity contribution in [2.24, 2.45) is 0 Å². The molecule has 4 aliphatic rings. The number of hydrogen-bond acceptors (Lipinski definition) is 4. The van der Waals surface area contributed by atoms with Gasteiger partial charge in [-0.15, -0.1) is 0 Å². The van der Waals surface area contributed by atoms with Gasteiger partial charge in [-0.2, -0.15) is 0 Å². The standard InChI is InChI=1S/C50H44N4O2/c1-55-41-27-23-39(24-28-41)47-48(40-25-29-42(56-2)30-26-40)54-50(53-47)44-32-34-12-9-11-33-19-21-35(17-10-18-36(44)22-20-34)43(31-33)49-51-45(37-13-5-3-6-14-37)46(52-49)38-15-7-4-8-16-38/h3-8,13-16,19-32H,9-12,17-18H2,1-2H3,(H,51,52)(H,53,54). The van der Waals surface area contributed by atoms with Gasteiger partial charge in [0.15, 0.2) is 0 Å². The molecular weight excluding hydrogens is 689 g/mol. The second-order valence-electron chi connectivity index (χ2n) is 14.5. The third-order valence-electron chi connectivity index (χ3n) is 10.9. The number of aryl methyl sites for hydroxylation is 4. The van der Waals surface area contributed by atoms with Crippen LogP contribution in [-0.2, 0) is 25.7 Å². The maximum absolute atomic E-state index is 5.48. The number of nitrogens with one attached hydrogen (secondary N) is 2. The largest absolute Gasteiger partial charge is 0.497 e. The Balaban J connectivity index is 1.08. The zero-order chi connectivity index (χ0) is 37.8. The lowest BCUT2D eigenvalue weighted by atomic mass is 9.92. The van der Waals surface area contributed by atoms with Gasteiger partial charge >= 0.3 is 0 Å². The minimum atomic E-state index is 0.816. The summed E-state index contributed by atoms with van der Waals surface area (Å²) in [6.07, 6.45) is 5.80. The predicted molar refractivity (Wildman–Crippen MR) is 227 cm³/mol. The molecule has 12 rings (SSSR count). The topological polar surface area (TPSA) is 75.8 Å². The number of imidazole rings is 2. The molecule has 0 amide bonds. The Morgan fingerprint density at radius 2 is 0.839 bits per heavy atom. The van der Waals surface area contributed by atoms with Gasteiger partial charge in [0.2, 0.25) is 0 Å². The van der Waals surface area contributed by atoms with Crippen molar-refractivity contribution in [3.63, 3.8) is 0 Å². The van der Waals surface area contributed by atoms with Crippen LogP contribution in [0, 0.1) is 0 Å². The summed E-state index contributed by atoms with van der Waals surface area (Å²) >= 11 is 0. The van der Waals surface area contributed by atoms with E-state index in [0.717, 1.165) is 112 Å². The number of aromatic amines is 2. The summed E-state index contributed by atoms with van der Waals surface area (Å²) < 4.78 is 11.0. The van der Waals surface area contributed by atoms with Crippen molar-refractivity contribution in [2.45, 2.75) is 38.5 Å². The highest BCUT2D eigenvalue weighted by Crippen LogP contribution is 2.38. The highest BCUT2D eigenvalue weighted by Gasteiger charge is 2.21. The molecule has 6 heteroatoms. The van der Waals surface area contributed by atoms with Gasteiger partial charge in [-0.25, -0.2) is 9.97 Å². The number of benzene rings is 6. The molecule has 0 saturated heterocycles. The molecule has 0 spiro atoms. The molecule has 0 unspecified atom stereocenters. The Morgan fingerprint density at radius 1 is 0.429 bits per heavy atom. The summed E-state index contributed by atoms with van der Waals surface area (Å²) in [5.41, 5.74) is 15.8. The molecule has 2 N–H and O–H groups in total. The van der Waals surface area contributed by atoms with Gasteiger partial charge < -0.3 is 19.4 Å². The summed E-state index contributed by atoms with van der Waals surface area (Å²) in [5, 5.41) is 0. The van der Waals surface area contributed by atoms with Crippen molar-refractivity contribution >= 4 is 0 Å². The van der Waals surface area contributed by atoms with Gasteiger partial charge in [-0.3, -0.25) is 0 Å². The Labute approximate surface area is 328 Å². The number of rotatable bonds is 8. The highest BCUT2D eigenvalue weighted by molar-refractivity contribution is 5.83. The van der Waals surface area contributed by atoms with Crippen molar-refractivity contribution in [1.82, 2.24) is 19.9 Å². The lowest BCUT2D eigenvalue weighted by Gasteiger charge is -2.15. The highest BCUT2D eigenvalue weighted by atomic mass is 16.5. The average Bonchev–Trinajstić information content (AvgIpc) is 3.91. The molecule has 0 aliphatic heterocycles. The summed E-state index contributed by atoms with van der Waals surface area (Å²) in [4.78, 5) is 18.2. The molecule has 56 heavy (non-hydrogen) atoms. The zero-order valence-electron chi connectivity index (χ0n) is 31.8. The van der Waals surface area contributed by atoms with Crippen LogP contribution in [0.3, 0.4) is 0 Å². The van der Waals surface area contributed by atoms with Crippen molar-refractivity contribution in [3.8, 4) is 79.3 Å². The van der Waals surface area contributed by atoms with Crippen molar-refractivity contribution in [3.05, 3.63) is 168 Å². The first-order valence-electron chi connectivity index (χ1n) is 19.5. The van der Waals surface area contributed by atoms with E-state index in [1.165, 1.54) is 27.8 Å². The fourth-order valence-electron chi connectivity index (χ4n) is 7.95. The minimum Gasteiger partial charge on any atom is -0.497 e.